The first-order valence-corrected chi connectivity index (χ1v) is 3.97. The molecule has 0 spiro atoms. The van der Waals surface area contributed by atoms with Crippen LogP contribution in [-0.4, -0.2) is 0 Å². The molecule has 0 heterocycles. The molecule has 1 saturated carbocycles. The Morgan fingerprint density at radius 1 is 1.27 bits per heavy atom. The summed E-state index contributed by atoms with van der Waals surface area (Å²) in [7, 11) is 0. The molecule has 0 unspecified atom stereocenters. The van der Waals surface area contributed by atoms with E-state index in [9.17, 15) is 0 Å². The molecule has 0 aromatic heterocycles. The molecular formula is C11H10. The Morgan fingerprint density at radius 2 is 2.00 bits per heavy atom. The van der Waals surface area contributed by atoms with Gasteiger partial charge in [-0.1, -0.05) is 24.1 Å². The van der Waals surface area contributed by atoms with Gasteiger partial charge in [-0.15, -0.1) is 6.42 Å². The zero-order valence-corrected chi connectivity index (χ0v) is 6.38. The third-order valence-electron chi connectivity index (χ3n) is 2.13. The second-order valence-corrected chi connectivity index (χ2v) is 3.01. The molecular weight excluding hydrogens is 132 g/mol. The van der Waals surface area contributed by atoms with Crippen LogP contribution in [0.3, 0.4) is 0 Å². The van der Waals surface area contributed by atoms with Crippen molar-refractivity contribution in [3.8, 4) is 12.3 Å². The van der Waals surface area contributed by atoms with Crippen LogP contribution in [0.25, 0.3) is 0 Å². The Bertz CT molecular complexity index is 300. The lowest BCUT2D eigenvalue weighted by Crippen LogP contribution is -1.84. The molecule has 54 valence electrons. The first kappa shape index (κ1) is 6.49. The molecule has 0 bridgehead atoms. The zero-order valence-electron chi connectivity index (χ0n) is 6.38. The SMILES string of the molecule is C#Cc1ccccc1C1CC1. The molecule has 1 aliphatic rings. The van der Waals surface area contributed by atoms with Crippen LogP contribution >= 0.6 is 0 Å². The van der Waals surface area contributed by atoms with Gasteiger partial charge in [0.05, 0.1) is 0 Å². The molecule has 1 aromatic carbocycles. The van der Waals surface area contributed by atoms with Crippen LogP contribution in [0.2, 0.25) is 0 Å². The molecule has 0 aliphatic heterocycles. The van der Waals surface area contributed by atoms with Gasteiger partial charge in [0.2, 0.25) is 0 Å². The smallest absolute Gasteiger partial charge is 0.0277 e. The summed E-state index contributed by atoms with van der Waals surface area (Å²) < 4.78 is 0. The van der Waals surface area contributed by atoms with Gasteiger partial charge in [0.25, 0.3) is 0 Å². The van der Waals surface area contributed by atoms with Gasteiger partial charge in [0, 0.05) is 5.56 Å². The van der Waals surface area contributed by atoms with Crippen molar-refractivity contribution in [1.82, 2.24) is 0 Å². The number of hydrogen-bond donors (Lipinski definition) is 0. The van der Waals surface area contributed by atoms with Gasteiger partial charge >= 0.3 is 0 Å². The van der Waals surface area contributed by atoms with Crippen molar-refractivity contribution in [3.63, 3.8) is 0 Å². The minimum Gasteiger partial charge on any atom is -0.115 e. The first-order chi connectivity index (χ1) is 5.42. The quantitative estimate of drug-likeness (QED) is 0.528. The summed E-state index contributed by atoms with van der Waals surface area (Å²) in [5.74, 6) is 3.48. The molecule has 0 amide bonds. The molecule has 1 fully saturated rings. The summed E-state index contributed by atoms with van der Waals surface area (Å²) in [6.45, 7) is 0. The van der Waals surface area contributed by atoms with Crippen molar-refractivity contribution in [1.29, 1.82) is 0 Å². The van der Waals surface area contributed by atoms with E-state index in [0.717, 1.165) is 11.5 Å². The highest BCUT2D eigenvalue weighted by atomic mass is 14.3. The van der Waals surface area contributed by atoms with E-state index in [1.165, 1.54) is 18.4 Å². The van der Waals surface area contributed by atoms with Crippen molar-refractivity contribution in [2.75, 3.05) is 0 Å². The molecule has 0 nitrogen and oxygen atoms in total. The van der Waals surface area contributed by atoms with Gasteiger partial charge in [-0.25, -0.2) is 0 Å². The van der Waals surface area contributed by atoms with Crippen molar-refractivity contribution in [2.24, 2.45) is 0 Å². The third-order valence-corrected chi connectivity index (χ3v) is 2.13. The van der Waals surface area contributed by atoms with Crippen molar-refractivity contribution in [3.05, 3.63) is 35.4 Å². The van der Waals surface area contributed by atoms with Crippen LogP contribution in [0.5, 0.6) is 0 Å². The standard InChI is InChI=1S/C11H10/c1-2-9-5-3-4-6-11(9)10-7-8-10/h1,3-6,10H,7-8H2. The van der Waals surface area contributed by atoms with E-state index in [1.807, 2.05) is 12.1 Å². The van der Waals surface area contributed by atoms with Crippen LogP contribution in [-0.2, 0) is 0 Å². The maximum Gasteiger partial charge on any atom is 0.0277 e. The van der Waals surface area contributed by atoms with Gasteiger partial charge in [0.1, 0.15) is 0 Å². The summed E-state index contributed by atoms with van der Waals surface area (Å²) in [4.78, 5) is 0. The lowest BCUT2D eigenvalue weighted by Gasteiger charge is -1.99. The van der Waals surface area contributed by atoms with Gasteiger partial charge in [-0.05, 0) is 30.4 Å². The Labute approximate surface area is 67.2 Å². The number of benzene rings is 1. The Kier molecular flexibility index (Phi) is 1.43. The third kappa shape index (κ3) is 1.14. The van der Waals surface area contributed by atoms with E-state index in [1.54, 1.807) is 0 Å². The number of hydrogen-bond acceptors (Lipinski definition) is 0. The molecule has 0 radical (unpaired) electrons. The summed E-state index contributed by atoms with van der Waals surface area (Å²) in [5.41, 5.74) is 2.45. The predicted octanol–water partition coefficient (Wildman–Crippen LogP) is 2.55. The maximum absolute atomic E-state index is 5.37. The molecule has 1 aromatic rings. The predicted molar refractivity (Wildman–Crippen MR) is 46.4 cm³/mol. The number of rotatable bonds is 1. The lowest BCUT2D eigenvalue weighted by atomic mass is 10.0. The van der Waals surface area contributed by atoms with E-state index < -0.39 is 0 Å². The lowest BCUT2D eigenvalue weighted by molar-refractivity contribution is 1.12. The van der Waals surface area contributed by atoms with Crippen LogP contribution in [0.4, 0.5) is 0 Å². The Balaban J connectivity index is 2.44. The van der Waals surface area contributed by atoms with Crippen LogP contribution in [0.15, 0.2) is 24.3 Å². The van der Waals surface area contributed by atoms with E-state index in [4.69, 9.17) is 6.42 Å². The Morgan fingerprint density at radius 3 is 2.64 bits per heavy atom. The van der Waals surface area contributed by atoms with E-state index in [2.05, 4.69) is 18.1 Å². The van der Waals surface area contributed by atoms with Crippen LogP contribution < -0.4 is 0 Å². The van der Waals surface area contributed by atoms with Crippen LogP contribution in [0, 0.1) is 12.3 Å². The second kappa shape index (κ2) is 2.43. The molecule has 11 heavy (non-hydrogen) atoms. The molecule has 1 aliphatic carbocycles. The molecule has 0 atom stereocenters. The highest BCUT2D eigenvalue weighted by Gasteiger charge is 2.24. The molecule has 0 heteroatoms. The van der Waals surface area contributed by atoms with E-state index >= 15 is 0 Å². The summed E-state index contributed by atoms with van der Waals surface area (Å²) in [6, 6.07) is 8.23. The van der Waals surface area contributed by atoms with Gasteiger partial charge in [-0.3, -0.25) is 0 Å². The monoisotopic (exact) mass is 142 g/mol. The average Bonchev–Trinajstić information content (AvgIpc) is 2.87. The second-order valence-electron chi connectivity index (χ2n) is 3.01. The minimum absolute atomic E-state index is 0.766. The molecule has 0 saturated heterocycles. The largest absolute Gasteiger partial charge is 0.115 e. The fourth-order valence-electron chi connectivity index (χ4n) is 1.38. The van der Waals surface area contributed by atoms with E-state index in [-0.39, 0.29) is 0 Å². The van der Waals surface area contributed by atoms with Gasteiger partial charge in [-0.2, -0.15) is 0 Å². The fraction of sp³-hybridized carbons (Fsp3) is 0.273. The normalized spacial score (nSPS) is 15.9. The van der Waals surface area contributed by atoms with Gasteiger partial charge < -0.3 is 0 Å². The van der Waals surface area contributed by atoms with Crippen LogP contribution in [0.1, 0.15) is 29.9 Å². The van der Waals surface area contributed by atoms with Gasteiger partial charge in [0.15, 0.2) is 0 Å². The highest BCUT2D eigenvalue weighted by Crippen LogP contribution is 2.41. The average molecular weight is 142 g/mol. The molecule has 2 rings (SSSR count). The summed E-state index contributed by atoms with van der Waals surface area (Å²) in [5, 5.41) is 0. The molecule has 0 N–H and O–H groups in total. The summed E-state index contributed by atoms with van der Waals surface area (Å²) in [6.07, 6.45) is 8.00. The van der Waals surface area contributed by atoms with Crippen molar-refractivity contribution in [2.45, 2.75) is 18.8 Å². The first-order valence-electron chi connectivity index (χ1n) is 3.97. The zero-order chi connectivity index (χ0) is 7.68. The topological polar surface area (TPSA) is 0 Å². The van der Waals surface area contributed by atoms with Crippen molar-refractivity contribution < 1.29 is 0 Å². The summed E-state index contributed by atoms with van der Waals surface area (Å²) >= 11 is 0. The van der Waals surface area contributed by atoms with Crippen molar-refractivity contribution >= 4 is 0 Å². The maximum atomic E-state index is 5.37. The number of terminal acetylenes is 1. The fourth-order valence-corrected chi connectivity index (χ4v) is 1.38. The minimum atomic E-state index is 0.766. The highest BCUT2D eigenvalue weighted by molar-refractivity contribution is 5.43. The Hall–Kier alpha value is -1.22. The van der Waals surface area contributed by atoms with E-state index in [0.29, 0.717) is 0 Å².